The molecule has 0 spiro atoms. The third-order valence-corrected chi connectivity index (χ3v) is 4.59. The van der Waals surface area contributed by atoms with Gasteiger partial charge in [-0.1, -0.05) is 13.8 Å². The summed E-state index contributed by atoms with van der Waals surface area (Å²) in [5.74, 6) is 0.991. The van der Waals surface area contributed by atoms with Gasteiger partial charge in [0.15, 0.2) is 5.78 Å². The van der Waals surface area contributed by atoms with Crippen LogP contribution in [0.4, 0.5) is 0 Å². The molecule has 0 aliphatic heterocycles. The Balaban J connectivity index is 2.05. The third-order valence-electron chi connectivity index (χ3n) is 4.59. The van der Waals surface area contributed by atoms with E-state index in [4.69, 9.17) is 0 Å². The van der Waals surface area contributed by atoms with Crippen LogP contribution in [0, 0.1) is 19.8 Å². The minimum Gasteiger partial charge on any atom is -0.349 e. The predicted molar refractivity (Wildman–Crippen MR) is 88.0 cm³/mol. The molecule has 0 saturated heterocycles. The number of rotatable bonds is 8. The second-order valence-corrected chi connectivity index (χ2v) is 6.84. The van der Waals surface area contributed by atoms with Crippen molar-refractivity contribution in [3.05, 3.63) is 23.0 Å². The number of ketones is 1. The first-order chi connectivity index (χ1) is 9.93. The molecule has 0 bridgehead atoms. The molecule has 1 aromatic heterocycles. The van der Waals surface area contributed by atoms with E-state index in [1.807, 2.05) is 0 Å². The molecule has 0 atom stereocenters. The van der Waals surface area contributed by atoms with E-state index < -0.39 is 0 Å². The molecule has 3 nitrogen and oxygen atoms in total. The Morgan fingerprint density at radius 3 is 2.52 bits per heavy atom. The summed E-state index contributed by atoms with van der Waals surface area (Å²) >= 11 is 0. The van der Waals surface area contributed by atoms with Gasteiger partial charge in [0.1, 0.15) is 0 Å². The highest BCUT2D eigenvalue weighted by Crippen LogP contribution is 2.28. The average molecular weight is 290 g/mol. The molecule has 1 aliphatic rings. The van der Waals surface area contributed by atoms with Crippen LogP contribution in [0.15, 0.2) is 6.07 Å². The van der Waals surface area contributed by atoms with Gasteiger partial charge in [0.25, 0.3) is 0 Å². The van der Waals surface area contributed by atoms with Gasteiger partial charge >= 0.3 is 0 Å². The lowest BCUT2D eigenvalue weighted by molar-refractivity contribution is 0.0920. The van der Waals surface area contributed by atoms with E-state index >= 15 is 0 Å². The summed E-state index contributed by atoms with van der Waals surface area (Å²) in [4.78, 5) is 15.1. The van der Waals surface area contributed by atoms with E-state index in [9.17, 15) is 4.79 Å². The summed E-state index contributed by atoms with van der Waals surface area (Å²) < 4.78 is 2.23. The molecular formula is C18H30N2O. The normalized spacial score (nSPS) is 15.2. The fraction of sp³-hybridized carbons (Fsp3) is 0.722. The SMILES string of the molecule is CCn1c(C)cc(C(=O)CN(CCC(C)C)C2CC2)c1C. The minimum absolute atomic E-state index is 0.290. The van der Waals surface area contributed by atoms with Crippen LogP contribution in [0.2, 0.25) is 0 Å². The predicted octanol–water partition coefficient (Wildman–Crippen LogP) is 3.82. The molecule has 1 saturated carbocycles. The van der Waals surface area contributed by atoms with Crippen molar-refractivity contribution in [2.24, 2.45) is 5.92 Å². The maximum atomic E-state index is 12.7. The van der Waals surface area contributed by atoms with Crippen LogP contribution in [0.5, 0.6) is 0 Å². The zero-order valence-electron chi connectivity index (χ0n) is 14.3. The topological polar surface area (TPSA) is 25.2 Å². The number of hydrogen-bond donors (Lipinski definition) is 0. The van der Waals surface area contributed by atoms with Crippen molar-refractivity contribution >= 4 is 5.78 Å². The van der Waals surface area contributed by atoms with Crippen LogP contribution in [0.25, 0.3) is 0 Å². The molecule has 1 fully saturated rings. The van der Waals surface area contributed by atoms with Gasteiger partial charge in [-0.15, -0.1) is 0 Å². The lowest BCUT2D eigenvalue weighted by Crippen LogP contribution is -2.33. The second-order valence-electron chi connectivity index (χ2n) is 6.84. The lowest BCUT2D eigenvalue weighted by atomic mass is 10.1. The molecule has 0 N–H and O–H groups in total. The van der Waals surface area contributed by atoms with E-state index in [0.717, 1.165) is 24.3 Å². The van der Waals surface area contributed by atoms with Gasteiger partial charge < -0.3 is 4.57 Å². The van der Waals surface area contributed by atoms with Crippen LogP contribution < -0.4 is 0 Å². The molecule has 1 aromatic rings. The van der Waals surface area contributed by atoms with E-state index in [-0.39, 0.29) is 0 Å². The smallest absolute Gasteiger partial charge is 0.178 e. The van der Waals surface area contributed by atoms with E-state index in [2.05, 4.69) is 50.2 Å². The van der Waals surface area contributed by atoms with Gasteiger partial charge in [-0.2, -0.15) is 0 Å². The van der Waals surface area contributed by atoms with E-state index in [0.29, 0.717) is 24.3 Å². The fourth-order valence-corrected chi connectivity index (χ4v) is 3.09. The van der Waals surface area contributed by atoms with Gasteiger partial charge in [-0.25, -0.2) is 0 Å². The second kappa shape index (κ2) is 6.78. The molecule has 0 radical (unpaired) electrons. The number of aromatic nitrogens is 1. The fourth-order valence-electron chi connectivity index (χ4n) is 3.09. The Labute approximate surface area is 129 Å². The zero-order chi connectivity index (χ0) is 15.6. The molecule has 0 unspecified atom stereocenters. The van der Waals surface area contributed by atoms with Gasteiger partial charge in [0.05, 0.1) is 6.54 Å². The van der Waals surface area contributed by atoms with Crippen molar-refractivity contribution in [1.82, 2.24) is 9.47 Å². The van der Waals surface area contributed by atoms with Crippen molar-refractivity contribution < 1.29 is 4.79 Å². The van der Waals surface area contributed by atoms with Crippen molar-refractivity contribution in [3.63, 3.8) is 0 Å². The quantitative estimate of drug-likeness (QED) is 0.680. The highest BCUT2D eigenvalue weighted by atomic mass is 16.1. The Hall–Kier alpha value is -1.09. The minimum atomic E-state index is 0.290. The highest BCUT2D eigenvalue weighted by molar-refractivity contribution is 5.99. The molecule has 3 heteroatoms. The first-order valence-electron chi connectivity index (χ1n) is 8.38. The number of aryl methyl sites for hydroxylation is 1. The largest absolute Gasteiger partial charge is 0.349 e. The van der Waals surface area contributed by atoms with Crippen LogP contribution in [0.1, 0.15) is 61.8 Å². The lowest BCUT2D eigenvalue weighted by Gasteiger charge is -2.22. The standard InChI is InChI=1S/C18H30N2O/c1-6-20-14(4)11-17(15(20)5)18(21)12-19(16-7-8-16)10-9-13(2)3/h11,13,16H,6-10,12H2,1-5H3. The van der Waals surface area contributed by atoms with E-state index in [1.54, 1.807) is 0 Å². The number of carbonyl (C=O) groups is 1. The number of carbonyl (C=O) groups excluding carboxylic acids is 1. The number of nitrogens with zero attached hydrogens (tertiary/aromatic N) is 2. The van der Waals surface area contributed by atoms with Crippen LogP contribution in [-0.4, -0.2) is 34.4 Å². The van der Waals surface area contributed by atoms with Crippen LogP contribution >= 0.6 is 0 Å². The molecule has 1 heterocycles. The van der Waals surface area contributed by atoms with Crippen molar-refractivity contribution in [3.8, 4) is 0 Å². The summed E-state index contributed by atoms with van der Waals surface area (Å²) in [6.07, 6.45) is 3.70. The zero-order valence-corrected chi connectivity index (χ0v) is 14.3. The Morgan fingerprint density at radius 1 is 1.38 bits per heavy atom. The van der Waals surface area contributed by atoms with Crippen molar-refractivity contribution in [2.45, 2.75) is 66.5 Å². The monoisotopic (exact) mass is 290 g/mol. The maximum Gasteiger partial charge on any atom is 0.178 e. The molecule has 0 aromatic carbocycles. The van der Waals surface area contributed by atoms with Crippen molar-refractivity contribution in [1.29, 1.82) is 0 Å². The molecule has 118 valence electrons. The van der Waals surface area contributed by atoms with Gasteiger partial charge in [0.2, 0.25) is 0 Å². The van der Waals surface area contributed by atoms with Gasteiger partial charge in [-0.3, -0.25) is 9.69 Å². The molecule has 0 amide bonds. The Morgan fingerprint density at radius 2 is 2.05 bits per heavy atom. The van der Waals surface area contributed by atoms with Gasteiger partial charge in [0, 0.05) is 29.5 Å². The Bertz CT molecular complexity index is 498. The van der Waals surface area contributed by atoms with Gasteiger partial charge in [-0.05, 0) is 58.6 Å². The van der Waals surface area contributed by atoms with Crippen LogP contribution in [-0.2, 0) is 6.54 Å². The first-order valence-corrected chi connectivity index (χ1v) is 8.38. The molecule has 21 heavy (non-hydrogen) atoms. The third kappa shape index (κ3) is 3.97. The number of hydrogen-bond acceptors (Lipinski definition) is 2. The first kappa shape index (κ1) is 16.3. The highest BCUT2D eigenvalue weighted by Gasteiger charge is 2.30. The summed E-state index contributed by atoms with van der Waals surface area (Å²) in [6.45, 7) is 13.4. The van der Waals surface area contributed by atoms with Crippen molar-refractivity contribution in [2.75, 3.05) is 13.1 Å². The average Bonchev–Trinajstić information content (AvgIpc) is 3.21. The summed E-state index contributed by atoms with van der Waals surface area (Å²) in [6, 6.07) is 2.72. The molecule has 1 aliphatic carbocycles. The van der Waals surface area contributed by atoms with E-state index in [1.165, 1.54) is 25.0 Å². The number of Topliss-reactive ketones (excluding diaryl/α,β-unsaturated/α-hetero) is 1. The summed E-state index contributed by atoms with van der Waals surface area (Å²) in [5.41, 5.74) is 3.24. The maximum absolute atomic E-state index is 12.7. The molecular weight excluding hydrogens is 260 g/mol. The summed E-state index contributed by atoms with van der Waals surface area (Å²) in [7, 11) is 0. The van der Waals surface area contributed by atoms with Crippen LogP contribution in [0.3, 0.4) is 0 Å². The molecule has 2 rings (SSSR count). The summed E-state index contributed by atoms with van der Waals surface area (Å²) in [5, 5.41) is 0. The Kier molecular flexibility index (Phi) is 5.26.